The molecule has 1 N–H and O–H groups in total. The molecular formula is C11H15NO3S. The van der Waals surface area contributed by atoms with Crippen molar-refractivity contribution in [3.05, 3.63) is 30.1 Å². The monoisotopic (exact) mass is 241 g/mol. The van der Waals surface area contributed by atoms with Crippen LogP contribution in [-0.2, 0) is 22.0 Å². The van der Waals surface area contributed by atoms with Crippen LogP contribution in [0.1, 0.15) is 18.9 Å². The Morgan fingerprint density at radius 1 is 1.62 bits per heavy atom. The summed E-state index contributed by atoms with van der Waals surface area (Å²) in [6.07, 6.45) is 4.38. The van der Waals surface area contributed by atoms with Crippen molar-refractivity contribution in [2.45, 2.75) is 25.0 Å². The Kier molecular flexibility index (Phi) is 5.11. The molecule has 0 fully saturated rings. The molecule has 0 saturated heterocycles. The van der Waals surface area contributed by atoms with Gasteiger partial charge in [-0.2, -0.15) is 0 Å². The lowest BCUT2D eigenvalue weighted by Crippen LogP contribution is -2.27. The van der Waals surface area contributed by atoms with E-state index in [1.54, 1.807) is 19.3 Å². The Balaban J connectivity index is 2.49. The first-order valence-electron chi connectivity index (χ1n) is 5.14. The maximum atomic E-state index is 11.7. The second kappa shape index (κ2) is 6.37. The van der Waals surface area contributed by atoms with E-state index < -0.39 is 22.0 Å². The van der Waals surface area contributed by atoms with Crippen LogP contribution in [-0.4, -0.2) is 31.3 Å². The van der Waals surface area contributed by atoms with Gasteiger partial charge in [-0.25, -0.2) is 0 Å². The van der Waals surface area contributed by atoms with E-state index in [9.17, 15) is 9.00 Å². The zero-order valence-electron chi connectivity index (χ0n) is 9.13. The third-order valence-electron chi connectivity index (χ3n) is 2.28. The molecule has 0 aliphatic rings. The fraction of sp³-hybridized carbons (Fsp3) is 0.455. The fourth-order valence-corrected chi connectivity index (χ4v) is 2.70. The van der Waals surface area contributed by atoms with Crippen molar-refractivity contribution in [3.8, 4) is 0 Å². The summed E-state index contributed by atoms with van der Waals surface area (Å²) in [4.78, 5) is 14.7. The average Bonchev–Trinajstić information content (AvgIpc) is 2.28. The lowest BCUT2D eigenvalue weighted by Gasteiger charge is -2.09. The van der Waals surface area contributed by atoms with Crippen molar-refractivity contribution in [2.24, 2.45) is 0 Å². The van der Waals surface area contributed by atoms with E-state index in [-0.39, 0.29) is 0 Å². The molecule has 0 saturated carbocycles. The molecule has 2 atom stereocenters. The average molecular weight is 241 g/mol. The van der Waals surface area contributed by atoms with Gasteiger partial charge in [-0.15, -0.1) is 0 Å². The van der Waals surface area contributed by atoms with E-state index in [0.717, 1.165) is 5.56 Å². The highest BCUT2D eigenvalue weighted by Crippen LogP contribution is 2.06. The number of hydrogen-bond donors (Lipinski definition) is 1. The number of carboxylic acids is 1. The zero-order valence-corrected chi connectivity index (χ0v) is 9.94. The molecule has 0 spiro atoms. The van der Waals surface area contributed by atoms with Gasteiger partial charge in [0.2, 0.25) is 0 Å². The molecule has 0 aliphatic carbocycles. The van der Waals surface area contributed by atoms with Crippen LogP contribution in [0.15, 0.2) is 24.5 Å². The van der Waals surface area contributed by atoms with E-state index in [4.69, 9.17) is 5.11 Å². The predicted octanol–water partition coefficient (Wildman–Crippen LogP) is 1.24. The molecular weight excluding hydrogens is 226 g/mol. The number of aliphatic carboxylic acids is 1. The van der Waals surface area contributed by atoms with Crippen molar-refractivity contribution in [2.75, 3.05) is 5.75 Å². The van der Waals surface area contributed by atoms with Crippen molar-refractivity contribution in [1.29, 1.82) is 0 Å². The molecule has 4 nitrogen and oxygen atoms in total. The first kappa shape index (κ1) is 12.8. The van der Waals surface area contributed by atoms with Gasteiger partial charge in [0, 0.05) is 28.9 Å². The summed E-state index contributed by atoms with van der Waals surface area (Å²) in [6, 6.07) is 3.71. The number of aromatic nitrogens is 1. The number of carbonyl (C=O) groups is 1. The van der Waals surface area contributed by atoms with E-state index >= 15 is 0 Å². The van der Waals surface area contributed by atoms with Crippen molar-refractivity contribution < 1.29 is 14.1 Å². The minimum absolute atomic E-state index is 0.372. The van der Waals surface area contributed by atoms with E-state index in [2.05, 4.69) is 4.98 Å². The predicted molar refractivity (Wildman–Crippen MR) is 62.7 cm³/mol. The van der Waals surface area contributed by atoms with Crippen molar-refractivity contribution >= 4 is 16.8 Å². The lowest BCUT2D eigenvalue weighted by atomic mass is 10.2. The Hall–Kier alpha value is -1.23. The number of carboxylic acid groups (broad SMARTS) is 1. The van der Waals surface area contributed by atoms with Crippen molar-refractivity contribution in [3.63, 3.8) is 0 Å². The molecule has 88 valence electrons. The Morgan fingerprint density at radius 3 is 2.88 bits per heavy atom. The second-order valence-electron chi connectivity index (χ2n) is 3.43. The molecule has 1 aromatic rings. The van der Waals surface area contributed by atoms with Crippen LogP contribution in [0.3, 0.4) is 0 Å². The van der Waals surface area contributed by atoms with Crippen LogP contribution in [0.4, 0.5) is 0 Å². The Morgan fingerprint density at radius 2 is 2.38 bits per heavy atom. The quantitative estimate of drug-likeness (QED) is 0.813. The standard InChI is InChI=1S/C11H15NO3S/c1-2-10(11(13)14)16(15)7-5-9-4-3-6-12-8-9/h3-4,6,8,10H,2,5,7H2,1H3,(H,13,14). The molecule has 1 heterocycles. The third-order valence-corrected chi connectivity index (χ3v) is 4.05. The SMILES string of the molecule is CCC(C(=O)O)S(=O)CCc1cccnc1. The smallest absolute Gasteiger partial charge is 0.319 e. The maximum Gasteiger partial charge on any atom is 0.319 e. The summed E-state index contributed by atoms with van der Waals surface area (Å²) in [5.74, 6) is -0.608. The summed E-state index contributed by atoms with van der Waals surface area (Å²) < 4.78 is 11.7. The van der Waals surface area contributed by atoms with E-state index in [0.29, 0.717) is 18.6 Å². The van der Waals surface area contributed by atoms with Crippen LogP contribution in [0.25, 0.3) is 0 Å². The topological polar surface area (TPSA) is 67.3 Å². The van der Waals surface area contributed by atoms with Crippen LogP contribution in [0.5, 0.6) is 0 Å². The molecule has 0 aliphatic heterocycles. The Bertz CT molecular complexity index is 367. The van der Waals surface area contributed by atoms with Crippen LogP contribution in [0.2, 0.25) is 0 Å². The Labute approximate surface area is 97.2 Å². The highest BCUT2D eigenvalue weighted by Gasteiger charge is 2.21. The van der Waals surface area contributed by atoms with Crippen LogP contribution < -0.4 is 0 Å². The fourth-order valence-electron chi connectivity index (χ4n) is 1.38. The first-order valence-corrected chi connectivity index (χ1v) is 6.52. The summed E-state index contributed by atoms with van der Waals surface area (Å²) in [6.45, 7) is 1.74. The van der Waals surface area contributed by atoms with Gasteiger partial charge >= 0.3 is 5.97 Å². The minimum atomic E-state index is -1.32. The van der Waals surface area contributed by atoms with Gasteiger partial charge in [-0.1, -0.05) is 13.0 Å². The normalized spacial score (nSPS) is 14.3. The third kappa shape index (κ3) is 3.73. The van der Waals surface area contributed by atoms with Gasteiger partial charge in [0.1, 0.15) is 5.25 Å². The molecule has 0 bridgehead atoms. The van der Waals surface area contributed by atoms with Gasteiger partial charge in [-0.05, 0) is 24.5 Å². The number of rotatable bonds is 6. The molecule has 1 rings (SSSR count). The highest BCUT2D eigenvalue weighted by atomic mass is 32.2. The number of nitrogens with zero attached hydrogens (tertiary/aromatic N) is 1. The van der Waals surface area contributed by atoms with Gasteiger partial charge in [0.15, 0.2) is 0 Å². The summed E-state index contributed by atoms with van der Waals surface area (Å²) >= 11 is 0. The van der Waals surface area contributed by atoms with Gasteiger partial charge in [0.05, 0.1) is 0 Å². The van der Waals surface area contributed by atoms with Crippen LogP contribution >= 0.6 is 0 Å². The minimum Gasteiger partial charge on any atom is -0.480 e. The molecule has 0 aromatic carbocycles. The van der Waals surface area contributed by atoms with Gasteiger partial charge in [0.25, 0.3) is 0 Å². The second-order valence-corrected chi connectivity index (χ2v) is 5.17. The van der Waals surface area contributed by atoms with E-state index in [1.807, 2.05) is 12.1 Å². The van der Waals surface area contributed by atoms with E-state index in [1.165, 1.54) is 0 Å². The molecule has 0 amide bonds. The summed E-state index contributed by atoms with van der Waals surface area (Å²) in [7, 11) is -1.32. The molecule has 2 unspecified atom stereocenters. The number of pyridine rings is 1. The lowest BCUT2D eigenvalue weighted by molar-refractivity contribution is -0.136. The van der Waals surface area contributed by atoms with Crippen LogP contribution in [0, 0.1) is 0 Å². The summed E-state index contributed by atoms with van der Waals surface area (Å²) in [5, 5.41) is 8.08. The van der Waals surface area contributed by atoms with Gasteiger partial charge in [-0.3, -0.25) is 14.0 Å². The largest absolute Gasteiger partial charge is 0.480 e. The van der Waals surface area contributed by atoms with Crippen molar-refractivity contribution in [1.82, 2.24) is 4.98 Å². The van der Waals surface area contributed by atoms with Gasteiger partial charge < -0.3 is 5.11 Å². The first-order chi connectivity index (χ1) is 7.65. The zero-order chi connectivity index (χ0) is 12.0. The molecule has 16 heavy (non-hydrogen) atoms. The summed E-state index contributed by atoms with van der Waals surface area (Å²) in [5.41, 5.74) is 0.982. The highest BCUT2D eigenvalue weighted by molar-refractivity contribution is 7.86. The maximum absolute atomic E-state index is 11.7. The molecule has 0 radical (unpaired) electrons. The molecule has 5 heteroatoms. The molecule has 1 aromatic heterocycles. The number of aryl methyl sites for hydroxylation is 1. The number of hydrogen-bond acceptors (Lipinski definition) is 3.